The first-order valence-corrected chi connectivity index (χ1v) is 6.77. The Balaban J connectivity index is 1.71. The summed E-state index contributed by atoms with van der Waals surface area (Å²) in [6.45, 7) is 0. The molecule has 0 aliphatic rings. The number of ether oxygens (including phenoxy) is 1. The lowest BCUT2D eigenvalue weighted by Crippen LogP contribution is -1.92. The molecule has 0 aliphatic heterocycles. The first-order valence-electron chi connectivity index (χ1n) is 6.77. The van der Waals surface area contributed by atoms with Crippen LogP contribution in [0.2, 0.25) is 0 Å². The molecule has 0 spiro atoms. The molecule has 0 N–H and O–H groups in total. The van der Waals surface area contributed by atoms with Gasteiger partial charge in [0.1, 0.15) is 5.75 Å². The van der Waals surface area contributed by atoms with Crippen molar-refractivity contribution in [1.29, 1.82) is 0 Å². The number of fused-ring (bicyclic) bond motifs is 2. The van der Waals surface area contributed by atoms with Gasteiger partial charge in [-0.2, -0.15) is 4.98 Å². The zero-order valence-electron chi connectivity index (χ0n) is 11.2. The molecule has 3 nitrogen and oxygen atoms in total. The molecular weight excluding hydrogens is 260 g/mol. The van der Waals surface area contributed by atoms with Crippen LogP contribution in [0.15, 0.2) is 72.9 Å². The van der Waals surface area contributed by atoms with E-state index >= 15 is 0 Å². The number of hydrogen-bond acceptors (Lipinski definition) is 3. The zero-order chi connectivity index (χ0) is 14.1. The highest BCUT2D eigenvalue weighted by Gasteiger charge is 2.03. The molecule has 4 aromatic rings. The summed E-state index contributed by atoms with van der Waals surface area (Å²) < 4.78 is 5.77. The number of benzene rings is 3. The van der Waals surface area contributed by atoms with Gasteiger partial charge in [0.25, 0.3) is 0 Å². The highest BCUT2D eigenvalue weighted by Crippen LogP contribution is 2.24. The third kappa shape index (κ3) is 2.30. The van der Waals surface area contributed by atoms with Gasteiger partial charge in [-0.25, -0.2) is 4.98 Å². The number of para-hydroxylation sites is 1. The Bertz CT molecular complexity index is 857. The molecule has 0 saturated heterocycles. The molecule has 100 valence electrons. The minimum absolute atomic E-state index is 0.365. The Hall–Kier alpha value is -2.94. The fraction of sp³-hybridized carbons (Fsp3) is 0. The smallest absolute Gasteiger partial charge is 0.322 e. The quantitative estimate of drug-likeness (QED) is 0.536. The van der Waals surface area contributed by atoms with Crippen molar-refractivity contribution in [2.45, 2.75) is 0 Å². The molecule has 4 rings (SSSR count). The van der Waals surface area contributed by atoms with E-state index in [2.05, 4.69) is 22.1 Å². The first-order chi connectivity index (χ1) is 10.4. The minimum Gasteiger partial charge on any atom is -0.424 e. The molecule has 1 aromatic heterocycles. The predicted molar refractivity (Wildman–Crippen MR) is 83.6 cm³/mol. The summed E-state index contributed by atoms with van der Waals surface area (Å²) in [6, 6.07) is 22.3. The van der Waals surface area contributed by atoms with Crippen LogP contribution in [0.3, 0.4) is 0 Å². The van der Waals surface area contributed by atoms with Gasteiger partial charge in [-0.1, -0.05) is 48.5 Å². The summed E-state index contributed by atoms with van der Waals surface area (Å²) in [4.78, 5) is 8.67. The molecule has 21 heavy (non-hydrogen) atoms. The van der Waals surface area contributed by atoms with Gasteiger partial charge in [-0.05, 0) is 29.0 Å². The Morgan fingerprint density at radius 3 is 2.38 bits per heavy atom. The number of rotatable bonds is 2. The lowest BCUT2D eigenvalue weighted by Gasteiger charge is -2.06. The van der Waals surface area contributed by atoms with E-state index in [0.29, 0.717) is 6.01 Å². The van der Waals surface area contributed by atoms with Crippen LogP contribution in [-0.4, -0.2) is 9.97 Å². The molecule has 0 saturated carbocycles. The molecule has 1 heterocycles. The summed E-state index contributed by atoms with van der Waals surface area (Å²) in [5.41, 5.74) is 0.878. The number of nitrogens with zero attached hydrogens (tertiary/aromatic N) is 2. The van der Waals surface area contributed by atoms with E-state index < -0.39 is 0 Å². The molecule has 0 unspecified atom stereocenters. The van der Waals surface area contributed by atoms with Crippen molar-refractivity contribution >= 4 is 21.7 Å². The van der Waals surface area contributed by atoms with E-state index in [0.717, 1.165) is 22.0 Å². The van der Waals surface area contributed by atoms with Crippen molar-refractivity contribution in [2.24, 2.45) is 0 Å². The second-order valence-corrected chi connectivity index (χ2v) is 4.82. The molecule has 0 bridgehead atoms. The van der Waals surface area contributed by atoms with E-state index in [9.17, 15) is 0 Å². The van der Waals surface area contributed by atoms with Crippen LogP contribution in [0.4, 0.5) is 0 Å². The van der Waals surface area contributed by atoms with Crippen LogP contribution in [0.25, 0.3) is 21.7 Å². The van der Waals surface area contributed by atoms with Crippen LogP contribution < -0.4 is 4.74 Å². The monoisotopic (exact) mass is 272 g/mol. The molecule has 0 amide bonds. The van der Waals surface area contributed by atoms with Crippen LogP contribution in [0.1, 0.15) is 0 Å². The van der Waals surface area contributed by atoms with Crippen LogP contribution >= 0.6 is 0 Å². The minimum atomic E-state index is 0.365. The zero-order valence-corrected chi connectivity index (χ0v) is 11.2. The molecule has 0 atom stereocenters. The summed E-state index contributed by atoms with van der Waals surface area (Å²) in [5.74, 6) is 0.740. The van der Waals surface area contributed by atoms with Gasteiger partial charge in [0.05, 0.1) is 5.52 Å². The topological polar surface area (TPSA) is 35.0 Å². The summed E-state index contributed by atoms with van der Waals surface area (Å²) >= 11 is 0. The van der Waals surface area contributed by atoms with Gasteiger partial charge >= 0.3 is 6.01 Å². The Kier molecular flexibility index (Phi) is 2.75. The van der Waals surface area contributed by atoms with Gasteiger partial charge in [-0.15, -0.1) is 0 Å². The van der Waals surface area contributed by atoms with Gasteiger partial charge in [0, 0.05) is 11.6 Å². The highest BCUT2D eigenvalue weighted by atomic mass is 16.5. The molecule has 0 aliphatic carbocycles. The Labute approximate surface area is 121 Å². The van der Waals surface area contributed by atoms with Crippen LogP contribution in [-0.2, 0) is 0 Å². The van der Waals surface area contributed by atoms with Crippen molar-refractivity contribution in [1.82, 2.24) is 9.97 Å². The molecule has 3 heteroatoms. The van der Waals surface area contributed by atoms with E-state index in [-0.39, 0.29) is 0 Å². The second kappa shape index (κ2) is 4.87. The fourth-order valence-corrected chi connectivity index (χ4v) is 2.34. The van der Waals surface area contributed by atoms with Gasteiger partial charge < -0.3 is 4.74 Å². The van der Waals surface area contributed by atoms with Crippen molar-refractivity contribution in [3.8, 4) is 11.8 Å². The highest BCUT2D eigenvalue weighted by molar-refractivity contribution is 5.83. The van der Waals surface area contributed by atoms with Crippen molar-refractivity contribution in [3.63, 3.8) is 0 Å². The van der Waals surface area contributed by atoms with Crippen molar-refractivity contribution in [3.05, 3.63) is 72.9 Å². The lowest BCUT2D eigenvalue weighted by molar-refractivity contribution is 0.445. The van der Waals surface area contributed by atoms with Gasteiger partial charge in [0.15, 0.2) is 0 Å². The second-order valence-electron chi connectivity index (χ2n) is 4.82. The maximum atomic E-state index is 5.77. The van der Waals surface area contributed by atoms with Crippen molar-refractivity contribution < 1.29 is 4.74 Å². The maximum absolute atomic E-state index is 5.77. The summed E-state index contributed by atoms with van der Waals surface area (Å²) in [5, 5.41) is 3.32. The molecular formula is C18H12N2O. The summed E-state index contributed by atoms with van der Waals surface area (Å²) in [7, 11) is 0. The lowest BCUT2D eigenvalue weighted by atomic mass is 10.1. The third-order valence-corrected chi connectivity index (χ3v) is 3.40. The van der Waals surface area contributed by atoms with E-state index in [4.69, 9.17) is 4.74 Å². The molecule has 0 fully saturated rings. The van der Waals surface area contributed by atoms with Gasteiger partial charge in [-0.3, -0.25) is 0 Å². The van der Waals surface area contributed by atoms with Crippen LogP contribution in [0.5, 0.6) is 11.8 Å². The molecule has 0 radical (unpaired) electrons. The van der Waals surface area contributed by atoms with Crippen LogP contribution in [0, 0.1) is 0 Å². The maximum Gasteiger partial charge on any atom is 0.322 e. The number of aromatic nitrogens is 2. The fourth-order valence-electron chi connectivity index (χ4n) is 2.34. The number of hydrogen-bond donors (Lipinski definition) is 0. The standard InChI is InChI=1S/C18H12N2O/c1-2-6-14-11-16(10-9-13(14)5-1)21-18-19-12-15-7-3-4-8-17(15)20-18/h1-12H. The Morgan fingerprint density at radius 1 is 0.714 bits per heavy atom. The predicted octanol–water partition coefficient (Wildman–Crippen LogP) is 4.58. The largest absolute Gasteiger partial charge is 0.424 e. The van der Waals surface area contributed by atoms with E-state index in [1.807, 2.05) is 54.6 Å². The Morgan fingerprint density at radius 2 is 1.48 bits per heavy atom. The summed E-state index contributed by atoms with van der Waals surface area (Å²) in [6.07, 6.45) is 1.78. The average Bonchev–Trinajstić information content (AvgIpc) is 2.55. The normalized spacial score (nSPS) is 10.9. The third-order valence-electron chi connectivity index (χ3n) is 3.40. The van der Waals surface area contributed by atoms with Gasteiger partial charge in [0.2, 0.25) is 0 Å². The average molecular weight is 272 g/mol. The van der Waals surface area contributed by atoms with E-state index in [1.54, 1.807) is 6.20 Å². The van der Waals surface area contributed by atoms with Crippen molar-refractivity contribution in [2.75, 3.05) is 0 Å². The SMILES string of the molecule is c1ccc2cc(Oc3ncc4ccccc4n3)ccc2c1. The first kappa shape index (κ1) is 11.9. The molecule has 3 aromatic carbocycles. The van der Waals surface area contributed by atoms with E-state index in [1.165, 1.54) is 5.39 Å².